The number of alkyl halides is 1. The Hall–Kier alpha value is -3.30. The Balaban J connectivity index is 1.98. The van der Waals surface area contributed by atoms with Gasteiger partial charge in [-0.05, 0) is 25.8 Å². The number of benzene rings is 1. The Morgan fingerprint density at radius 3 is 2.68 bits per heavy atom. The van der Waals surface area contributed by atoms with Crippen molar-refractivity contribution in [2.75, 3.05) is 13.6 Å². The molecule has 0 spiro atoms. The van der Waals surface area contributed by atoms with Crippen LogP contribution < -0.4 is 10.7 Å². The van der Waals surface area contributed by atoms with Crippen molar-refractivity contribution in [1.82, 2.24) is 14.8 Å². The zero-order valence-corrected chi connectivity index (χ0v) is 17.0. The number of carbonyl (C=O) groups is 2. The quantitative estimate of drug-likeness (QED) is 0.771. The molecule has 3 rings (SSSR count). The van der Waals surface area contributed by atoms with E-state index >= 15 is 0 Å². The Morgan fingerprint density at radius 1 is 1.29 bits per heavy atom. The number of pyridine rings is 1. The summed E-state index contributed by atoms with van der Waals surface area (Å²) < 4.78 is 42.8. The summed E-state index contributed by atoms with van der Waals surface area (Å²) in [7, 11) is 1.47. The fourth-order valence-electron chi connectivity index (χ4n) is 3.50. The largest absolute Gasteiger partial charge is 0.503 e. The van der Waals surface area contributed by atoms with Gasteiger partial charge in [0.25, 0.3) is 11.8 Å². The molecule has 2 aromatic rings. The topological polar surface area (TPSA) is 91.6 Å². The standard InChI is InChI=1S/C21H22F3N3O4/c1-21(24)6-3-7-26(2)20(31)16-18(29)17(28)14(10-27(16)11-21)19(30)25-9-12-4-5-13(22)8-15(12)23/h4-5,8,10,29H,3,6-7,9,11H2,1-2H3,(H,25,30)/t21-/m0/s1. The first kappa shape index (κ1) is 22.4. The summed E-state index contributed by atoms with van der Waals surface area (Å²) in [6, 6.07) is 2.81. The zero-order chi connectivity index (χ0) is 22.9. The first-order valence-electron chi connectivity index (χ1n) is 9.63. The molecule has 10 heteroatoms. The van der Waals surface area contributed by atoms with Gasteiger partial charge in [0.05, 0.1) is 6.54 Å². The molecule has 0 radical (unpaired) electrons. The Morgan fingerprint density at radius 2 is 2.00 bits per heavy atom. The van der Waals surface area contributed by atoms with Gasteiger partial charge in [0.2, 0.25) is 5.43 Å². The number of aromatic nitrogens is 1. The van der Waals surface area contributed by atoms with Crippen LogP contribution in [0, 0.1) is 11.6 Å². The fourth-order valence-corrected chi connectivity index (χ4v) is 3.50. The van der Waals surface area contributed by atoms with E-state index in [1.54, 1.807) is 0 Å². The summed E-state index contributed by atoms with van der Waals surface area (Å²) in [5.41, 5.74) is -3.82. The van der Waals surface area contributed by atoms with Gasteiger partial charge in [-0.3, -0.25) is 14.4 Å². The van der Waals surface area contributed by atoms with Crippen LogP contribution in [0.1, 0.15) is 46.2 Å². The second-order valence-corrected chi connectivity index (χ2v) is 7.86. The van der Waals surface area contributed by atoms with Gasteiger partial charge >= 0.3 is 0 Å². The van der Waals surface area contributed by atoms with Crippen molar-refractivity contribution in [2.24, 2.45) is 0 Å². The Kier molecular flexibility index (Phi) is 6.10. The SMILES string of the molecule is CN1CCC[C@](C)(F)Cn2cc(C(=O)NCc3ccc(F)cc3F)c(=O)c(O)c2C1=O. The maximum atomic E-state index is 15.0. The van der Waals surface area contributed by atoms with Crippen molar-refractivity contribution in [1.29, 1.82) is 0 Å². The molecule has 2 heterocycles. The van der Waals surface area contributed by atoms with Crippen LogP contribution in [0.5, 0.6) is 5.75 Å². The molecule has 1 aromatic carbocycles. The molecule has 0 fully saturated rings. The van der Waals surface area contributed by atoms with Crippen LogP contribution in [0.15, 0.2) is 29.2 Å². The van der Waals surface area contributed by atoms with Gasteiger partial charge in [-0.15, -0.1) is 0 Å². The molecule has 7 nitrogen and oxygen atoms in total. The Bertz CT molecular complexity index is 1100. The van der Waals surface area contributed by atoms with Crippen molar-refractivity contribution in [3.05, 3.63) is 63.1 Å². The second-order valence-electron chi connectivity index (χ2n) is 7.86. The minimum Gasteiger partial charge on any atom is -0.503 e. The first-order chi connectivity index (χ1) is 14.5. The summed E-state index contributed by atoms with van der Waals surface area (Å²) in [5.74, 6) is -4.25. The molecule has 166 valence electrons. The third-order valence-electron chi connectivity index (χ3n) is 5.20. The fraction of sp³-hybridized carbons (Fsp3) is 0.381. The number of hydrogen-bond donors (Lipinski definition) is 2. The number of hydrogen-bond acceptors (Lipinski definition) is 4. The summed E-state index contributed by atoms with van der Waals surface area (Å²) in [4.78, 5) is 39.1. The summed E-state index contributed by atoms with van der Waals surface area (Å²) >= 11 is 0. The highest BCUT2D eigenvalue weighted by Crippen LogP contribution is 2.26. The van der Waals surface area contributed by atoms with E-state index in [2.05, 4.69) is 5.32 Å². The third-order valence-corrected chi connectivity index (χ3v) is 5.20. The van der Waals surface area contributed by atoms with Crippen LogP contribution in [0.2, 0.25) is 0 Å². The molecule has 0 unspecified atom stereocenters. The average Bonchev–Trinajstić information content (AvgIpc) is 2.72. The second kappa shape index (κ2) is 8.44. The van der Waals surface area contributed by atoms with E-state index in [1.165, 1.54) is 18.9 Å². The summed E-state index contributed by atoms with van der Waals surface area (Å²) in [5, 5.41) is 12.7. The molecule has 0 saturated carbocycles. The smallest absolute Gasteiger partial charge is 0.274 e. The lowest BCUT2D eigenvalue weighted by Crippen LogP contribution is -2.35. The lowest BCUT2D eigenvalue weighted by atomic mass is 10.0. The summed E-state index contributed by atoms with van der Waals surface area (Å²) in [6.45, 7) is 0.855. The van der Waals surface area contributed by atoms with E-state index in [4.69, 9.17) is 0 Å². The number of carbonyl (C=O) groups excluding carboxylic acids is 2. The van der Waals surface area contributed by atoms with Gasteiger partial charge in [0.15, 0.2) is 11.4 Å². The van der Waals surface area contributed by atoms with Gasteiger partial charge in [-0.25, -0.2) is 13.2 Å². The minimum atomic E-state index is -1.76. The van der Waals surface area contributed by atoms with E-state index in [0.29, 0.717) is 12.5 Å². The van der Waals surface area contributed by atoms with Gasteiger partial charge < -0.3 is 19.9 Å². The maximum absolute atomic E-state index is 15.0. The molecule has 2 N–H and O–H groups in total. The molecule has 31 heavy (non-hydrogen) atoms. The monoisotopic (exact) mass is 437 g/mol. The van der Waals surface area contributed by atoms with Gasteiger partial charge in [-0.1, -0.05) is 6.07 Å². The van der Waals surface area contributed by atoms with E-state index in [0.717, 1.165) is 22.9 Å². The summed E-state index contributed by atoms with van der Waals surface area (Å²) in [6.07, 6.45) is 1.52. The average molecular weight is 437 g/mol. The zero-order valence-electron chi connectivity index (χ0n) is 17.0. The van der Waals surface area contributed by atoms with Crippen molar-refractivity contribution in [3.63, 3.8) is 0 Å². The highest BCUT2D eigenvalue weighted by Gasteiger charge is 2.32. The van der Waals surface area contributed by atoms with Gasteiger partial charge in [-0.2, -0.15) is 0 Å². The maximum Gasteiger partial charge on any atom is 0.274 e. The van der Waals surface area contributed by atoms with Crippen molar-refractivity contribution >= 4 is 11.8 Å². The molecular weight excluding hydrogens is 415 g/mol. The van der Waals surface area contributed by atoms with Crippen molar-refractivity contribution in [2.45, 2.75) is 38.5 Å². The first-order valence-corrected chi connectivity index (χ1v) is 9.63. The van der Waals surface area contributed by atoms with Crippen LogP contribution in [0.4, 0.5) is 13.2 Å². The highest BCUT2D eigenvalue weighted by molar-refractivity contribution is 5.98. The Labute approximate surface area is 176 Å². The van der Waals surface area contributed by atoms with E-state index < -0.39 is 51.6 Å². The number of fused-ring (bicyclic) bond motifs is 1. The predicted octanol–water partition coefficient (Wildman–Crippen LogP) is 2.36. The van der Waals surface area contributed by atoms with Crippen LogP contribution in [-0.4, -0.2) is 45.6 Å². The lowest BCUT2D eigenvalue weighted by molar-refractivity contribution is 0.0779. The number of nitrogens with zero attached hydrogens (tertiary/aromatic N) is 2. The molecule has 1 atom stereocenters. The van der Waals surface area contributed by atoms with Crippen LogP contribution >= 0.6 is 0 Å². The molecule has 1 aromatic heterocycles. The predicted molar refractivity (Wildman–Crippen MR) is 106 cm³/mol. The molecule has 2 amide bonds. The normalized spacial score (nSPS) is 19.3. The van der Waals surface area contributed by atoms with Crippen LogP contribution in [0.25, 0.3) is 0 Å². The molecular formula is C21H22F3N3O4. The number of aromatic hydroxyl groups is 1. The molecule has 0 bridgehead atoms. The van der Waals surface area contributed by atoms with Crippen LogP contribution in [-0.2, 0) is 13.1 Å². The third kappa shape index (κ3) is 4.73. The van der Waals surface area contributed by atoms with Gasteiger partial charge in [0.1, 0.15) is 22.9 Å². The number of rotatable bonds is 3. The number of halogens is 3. The number of amides is 2. The molecule has 1 aliphatic rings. The number of nitrogens with one attached hydrogen (secondary N) is 1. The van der Waals surface area contributed by atoms with E-state index in [9.17, 15) is 32.7 Å². The van der Waals surface area contributed by atoms with E-state index in [-0.39, 0.29) is 31.6 Å². The van der Waals surface area contributed by atoms with Crippen molar-refractivity contribution < 1.29 is 27.9 Å². The molecule has 1 aliphatic heterocycles. The van der Waals surface area contributed by atoms with Gasteiger partial charge in [0, 0.05) is 38.0 Å². The lowest BCUT2D eigenvalue weighted by Gasteiger charge is -2.23. The molecule has 0 saturated heterocycles. The van der Waals surface area contributed by atoms with Crippen LogP contribution in [0.3, 0.4) is 0 Å². The van der Waals surface area contributed by atoms with E-state index in [1.807, 2.05) is 0 Å². The minimum absolute atomic E-state index is 0.0186. The highest BCUT2D eigenvalue weighted by atomic mass is 19.1. The van der Waals surface area contributed by atoms with Crippen molar-refractivity contribution in [3.8, 4) is 5.75 Å². The molecule has 0 aliphatic carbocycles.